The number of aliphatic hydroxyl groups excluding tert-OH is 1. The lowest BCUT2D eigenvalue weighted by Gasteiger charge is -2.25. The molecule has 178 valence electrons. The molecule has 0 spiro atoms. The first-order chi connectivity index (χ1) is 17.0. The molecular formula is C27H23NO7. The summed E-state index contributed by atoms with van der Waals surface area (Å²) < 4.78 is 21.3. The Hall–Kier alpha value is -4.46. The molecule has 2 aliphatic heterocycles. The van der Waals surface area contributed by atoms with Crippen LogP contribution < -0.4 is 18.9 Å². The van der Waals surface area contributed by atoms with Gasteiger partial charge in [0.1, 0.15) is 17.3 Å². The number of carbonyl (C=O) groups excluding carboxylic acids is 2. The minimum absolute atomic E-state index is 0.00848. The summed E-state index contributed by atoms with van der Waals surface area (Å²) in [5, 5.41) is 11.2. The minimum Gasteiger partial charge on any atom is -0.507 e. The summed E-state index contributed by atoms with van der Waals surface area (Å²) in [6.07, 6.45) is 0. The van der Waals surface area contributed by atoms with Crippen molar-refractivity contribution in [1.82, 2.24) is 4.90 Å². The van der Waals surface area contributed by atoms with Crippen LogP contribution in [-0.2, 0) is 16.1 Å². The second-order valence-electron chi connectivity index (χ2n) is 8.12. The first kappa shape index (κ1) is 22.3. The molecule has 1 fully saturated rings. The quantitative estimate of drug-likeness (QED) is 0.328. The summed E-state index contributed by atoms with van der Waals surface area (Å²) in [7, 11) is 3.07. The number of ketones is 1. The van der Waals surface area contributed by atoms with E-state index in [1.807, 2.05) is 6.07 Å². The maximum absolute atomic E-state index is 13.3. The molecule has 8 heteroatoms. The summed E-state index contributed by atoms with van der Waals surface area (Å²) in [6.45, 7) is 0.266. The van der Waals surface area contributed by atoms with E-state index in [2.05, 4.69) is 0 Å². The Balaban J connectivity index is 1.61. The van der Waals surface area contributed by atoms with Gasteiger partial charge >= 0.3 is 0 Å². The van der Waals surface area contributed by atoms with Crippen LogP contribution in [0.1, 0.15) is 22.7 Å². The molecule has 0 aliphatic carbocycles. The first-order valence-electron chi connectivity index (χ1n) is 11.0. The molecule has 0 bridgehead atoms. The van der Waals surface area contributed by atoms with Crippen molar-refractivity contribution in [1.29, 1.82) is 0 Å². The van der Waals surface area contributed by atoms with Crippen LogP contribution in [0.25, 0.3) is 5.76 Å². The highest BCUT2D eigenvalue weighted by atomic mass is 16.7. The van der Waals surface area contributed by atoms with E-state index >= 15 is 0 Å². The van der Waals surface area contributed by atoms with E-state index in [0.29, 0.717) is 34.1 Å². The summed E-state index contributed by atoms with van der Waals surface area (Å²) >= 11 is 0. The molecule has 2 aliphatic rings. The molecule has 0 aromatic heterocycles. The monoisotopic (exact) mass is 473 g/mol. The van der Waals surface area contributed by atoms with Crippen molar-refractivity contribution in [2.45, 2.75) is 12.6 Å². The van der Waals surface area contributed by atoms with Gasteiger partial charge in [-0.2, -0.15) is 0 Å². The van der Waals surface area contributed by atoms with Crippen molar-refractivity contribution in [3.8, 4) is 23.0 Å². The lowest BCUT2D eigenvalue weighted by molar-refractivity contribution is -0.140. The third kappa shape index (κ3) is 4.03. The number of likely N-dealkylation sites (tertiary alicyclic amines) is 1. The summed E-state index contributed by atoms with van der Waals surface area (Å²) in [4.78, 5) is 28.0. The lowest BCUT2D eigenvalue weighted by Crippen LogP contribution is -2.29. The predicted octanol–water partition coefficient (Wildman–Crippen LogP) is 4.05. The average Bonchev–Trinajstić information content (AvgIpc) is 3.46. The Bertz CT molecular complexity index is 1330. The van der Waals surface area contributed by atoms with Crippen molar-refractivity contribution in [3.63, 3.8) is 0 Å². The average molecular weight is 473 g/mol. The van der Waals surface area contributed by atoms with E-state index in [4.69, 9.17) is 18.9 Å². The standard InChI is InChI=1S/C27H23NO7/c1-32-19-9-7-17(8-10-19)24-23(25(29)18-4-3-5-20(13-18)33-2)26(30)27(31)28(24)14-16-6-11-21-22(12-16)35-15-34-21/h3-13,24,29H,14-15H2,1-2H3/b25-23+. The van der Waals surface area contributed by atoms with Crippen LogP contribution in [0.15, 0.2) is 72.3 Å². The van der Waals surface area contributed by atoms with Gasteiger partial charge in [0, 0.05) is 12.1 Å². The Morgan fingerprint density at radius 1 is 0.943 bits per heavy atom. The van der Waals surface area contributed by atoms with E-state index in [1.54, 1.807) is 67.8 Å². The smallest absolute Gasteiger partial charge is 0.295 e. The van der Waals surface area contributed by atoms with Crippen molar-refractivity contribution in [2.24, 2.45) is 0 Å². The fraction of sp³-hybridized carbons (Fsp3) is 0.185. The summed E-state index contributed by atoms with van der Waals surface area (Å²) in [5.74, 6) is 0.631. The number of ether oxygens (including phenoxy) is 4. The van der Waals surface area contributed by atoms with Gasteiger partial charge in [-0.3, -0.25) is 9.59 Å². The van der Waals surface area contributed by atoms with Gasteiger partial charge in [0.15, 0.2) is 11.5 Å². The second kappa shape index (κ2) is 9.06. The zero-order chi connectivity index (χ0) is 24.5. The zero-order valence-corrected chi connectivity index (χ0v) is 19.2. The molecule has 8 nitrogen and oxygen atoms in total. The Labute approximate surface area is 201 Å². The topological polar surface area (TPSA) is 94.5 Å². The molecule has 0 radical (unpaired) electrons. The molecule has 3 aromatic rings. The number of hydrogen-bond donors (Lipinski definition) is 1. The molecule has 1 unspecified atom stereocenters. The first-order valence-corrected chi connectivity index (χ1v) is 11.0. The number of methoxy groups -OCH3 is 2. The number of fused-ring (bicyclic) bond motifs is 1. The van der Waals surface area contributed by atoms with Crippen molar-refractivity contribution >= 4 is 17.4 Å². The third-order valence-electron chi connectivity index (χ3n) is 6.10. The van der Waals surface area contributed by atoms with Crippen LogP contribution in [0.5, 0.6) is 23.0 Å². The van der Waals surface area contributed by atoms with Crippen LogP contribution in [0.4, 0.5) is 0 Å². The molecular weight excluding hydrogens is 450 g/mol. The van der Waals surface area contributed by atoms with Crippen molar-refractivity contribution in [3.05, 3.63) is 89.0 Å². The van der Waals surface area contributed by atoms with Crippen LogP contribution in [0.2, 0.25) is 0 Å². The fourth-order valence-electron chi connectivity index (χ4n) is 4.34. The lowest BCUT2D eigenvalue weighted by atomic mass is 9.95. The number of amides is 1. The molecule has 35 heavy (non-hydrogen) atoms. The SMILES string of the molecule is COc1ccc(C2/C(=C(\O)c3cccc(OC)c3)C(=O)C(=O)N2Cc2ccc3c(c2)OCO3)cc1. The second-order valence-corrected chi connectivity index (χ2v) is 8.12. The van der Waals surface area contributed by atoms with Crippen LogP contribution in [-0.4, -0.2) is 42.7 Å². The van der Waals surface area contributed by atoms with E-state index < -0.39 is 17.7 Å². The van der Waals surface area contributed by atoms with Crippen LogP contribution in [0.3, 0.4) is 0 Å². The summed E-state index contributed by atoms with van der Waals surface area (Å²) in [6, 6.07) is 18.3. The van der Waals surface area contributed by atoms with Crippen molar-refractivity contribution < 1.29 is 33.6 Å². The maximum Gasteiger partial charge on any atom is 0.295 e. The van der Waals surface area contributed by atoms with E-state index in [1.165, 1.54) is 12.0 Å². The highest BCUT2D eigenvalue weighted by Crippen LogP contribution is 2.42. The van der Waals surface area contributed by atoms with E-state index in [9.17, 15) is 14.7 Å². The van der Waals surface area contributed by atoms with Gasteiger partial charge in [-0.15, -0.1) is 0 Å². The Morgan fingerprint density at radius 3 is 2.43 bits per heavy atom. The minimum atomic E-state index is -0.808. The van der Waals surface area contributed by atoms with Gasteiger partial charge in [0.2, 0.25) is 6.79 Å². The molecule has 1 atom stereocenters. The molecule has 2 heterocycles. The predicted molar refractivity (Wildman–Crippen MR) is 126 cm³/mol. The Morgan fingerprint density at radius 2 is 1.69 bits per heavy atom. The van der Waals surface area contributed by atoms with Crippen molar-refractivity contribution in [2.75, 3.05) is 21.0 Å². The zero-order valence-electron chi connectivity index (χ0n) is 19.2. The molecule has 0 saturated carbocycles. The van der Waals surface area contributed by atoms with E-state index in [0.717, 1.165) is 5.56 Å². The highest BCUT2D eigenvalue weighted by Gasteiger charge is 2.46. The number of aliphatic hydroxyl groups is 1. The Kier molecular flexibility index (Phi) is 5.78. The fourth-order valence-corrected chi connectivity index (χ4v) is 4.34. The number of hydrogen-bond acceptors (Lipinski definition) is 7. The van der Waals surface area contributed by atoms with Gasteiger partial charge < -0.3 is 29.0 Å². The number of nitrogens with zero attached hydrogens (tertiary/aromatic N) is 1. The summed E-state index contributed by atoms with van der Waals surface area (Å²) in [5.41, 5.74) is 1.81. The van der Waals surface area contributed by atoms with Gasteiger partial charge in [0.25, 0.3) is 11.7 Å². The molecule has 3 aromatic carbocycles. The van der Waals surface area contributed by atoms with Crippen LogP contribution in [0, 0.1) is 0 Å². The number of Topliss-reactive ketones (excluding diaryl/α,β-unsaturated/α-hetero) is 1. The molecule has 1 amide bonds. The maximum atomic E-state index is 13.3. The number of benzene rings is 3. The van der Waals surface area contributed by atoms with E-state index in [-0.39, 0.29) is 24.7 Å². The van der Waals surface area contributed by atoms with Gasteiger partial charge in [-0.05, 0) is 47.5 Å². The number of carbonyl (C=O) groups is 2. The molecule has 1 saturated heterocycles. The highest BCUT2D eigenvalue weighted by molar-refractivity contribution is 6.46. The number of rotatable bonds is 6. The molecule has 1 N–H and O–H groups in total. The third-order valence-corrected chi connectivity index (χ3v) is 6.10. The van der Waals surface area contributed by atoms with Gasteiger partial charge in [-0.1, -0.05) is 30.3 Å². The van der Waals surface area contributed by atoms with Crippen LogP contribution >= 0.6 is 0 Å². The van der Waals surface area contributed by atoms with Gasteiger partial charge in [-0.25, -0.2) is 0 Å². The van der Waals surface area contributed by atoms with Gasteiger partial charge in [0.05, 0.1) is 25.8 Å². The normalized spacial score (nSPS) is 18.1. The molecule has 5 rings (SSSR count). The largest absolute Gasteiger partial charge is 0.507 e.